The minimum atomic E-state index is -0.0651. The molecule has 0 radical (unpaired) electrons. The Morgan fingerprint density at radius 3 is 2.45 bits per heavy atom. The van der Waals surface area contributed by atoms with Crippen molar-refractivity contribution in [3.05, 3.63) is 12.0 Å². The van der Waals surface area contributed by atoms with Gasteiger partial charge in [0.15, 0.2) is 5.65 Å². The molecule has 1 N–H and O–H groups in total. The van der Waals surface area contributed by atoms with E-state index >= 15 is 0 Å². The fourth-order valence-electron chi connectivity index (χ4n) is 3.61. The third kappa shape index (κ3) is 2.08. The van der Waals surface area contributed by atoms with E-state index < -0.39 is 0 Å². The van der Waals surface area contributed by atoms with Crippen LogP contribution in [0, 0.1) is 11.8 Å². The van der Waals surface area contributed by atoms with Gasteiger partial charge in [-0.25, -0.2) is 9.97 Å². The zero-order chi connectivity index (χ0) is 15.5. The second-order valence-corrected chi connectivity index (χ2v) is 7.71. The van der Waals surface area contributed by atoms with E-state index in [-0.39, 0.29) is 5.41 Å². The van der Waals surface area contributed by atoms with Gasteiger partial charge in [-0.1, -0.05) is 20.8 Å². The molecule has 2 saturated heterocycles. The molecule has 0 aliphatic carbocycles. The monoisotopic (exact) mass is 300 g/mol. The van der Waals surface area contributed by atoms with Gasteiger partial charge < -0.3 is 10.2 Å². The zero-order valence-corrected chi connectivity index (χ0v) is 13.8. The normalized spacial score (nSPS) is 25.2. The number of aromatic nitrogens is 4. The molecular formula is C16H24N6. The Balaban J connectivity index is 1.82. The summed E-state index contributed by atoms with van der Waals surface area (Å²) in [5, 5.41) is 8.97. The highest BCUT2D eigenvalue weighted by molar-refractivity contribution is 5.87. The molecule has 2 aliphatic heterocycles. The van der Waals surface area contributed by atoms with Gasteiger partial charge in [0.05, 0.1) is 11.6 Å². The molecule has 6 nitrogen and oxygen atoms in total. The van der Waals surface area contributed by atoms with Crippen LogP contribution < -0.4 is 10.2 Å². The van der Waals surface area contributed by atoms with E-state index in [4.69, 9.17) is 9.97 Å². The zero-order valence-electron chi connectivity index (χ0n) is 13.8. The van der Waals surface area contributed by atoms with E-state index in [9.17, 15) is 0 Å². The predicted octanol–water partition coefficient (Wildman–Crippen LogP) is 1.32. The molecule has 2 aromatic rings. The molecule has 0 amide bonds. The van der Waals surface area contributed by atoms with Crippen molar-refractivity contribution >= 4 is 16.9 Å². The van der Waals surface area contributed by atoms with Crippen LogP contribution in [0.25, 0.3) is 11.0 Å². The number of fused-ring (bicyclic) bond motifs is 2. The summed E-state index contributed by atoms with van der Waals surface area (Å²) in [5.41, 5.74) is 0.870. The number of hydrogen-bond donors (Lipinski definition) is 1. The van der Waals surface area contributed by atoms with Crippen molar-refractivity contribution in [1.82, 2.24) is 25.1 Å². The Morgan fingerprint density at radius 1 is 1.14 bits per heavy atom. The van der Waals surface area contributed by atoms with Crippen molar-refractivity contribution in [3.63, 3.8) is 0 Å². The van der Waals surface area contributed by atoms with Crippen LogP contribution in [0.2, 0.25) is 0 Å². The second-order valence-electron chi connectivity index (χ2n) is 7.71. The Bertz CT molecular complexity index is 701. The van der Waals surface area contributed by atoms with Crippen molar-refractivity contribution in [1.29, 1.82) is 0 Å². The first-order chi connectivity index (χ1) is 10.4. The maximum atomic E-state index is 4.94. The predicted molar refractivity (Wildman–Crippen MR) is 87.1 cm³/mol. The van der Waals surface area contributed by atoms with E-state index in [1.165, 1.54) is 0 Å². The summed E-state index contributed by atoms with van der Waals surface area (Å²) in [5.74, 6) is 3.46. The van der Waals surface area contributed by atoms with E-state index in [0.29, 0.717) is 0 Å². The summed E-state index contributed by atoms with van der Waals surface area (Å²) < 4.78 is 1.86. The van der Waals surface area contributed by atoms with Gasteiger partial charge in [-0.15, -0.1) is 0 Å². The van der Waals surface area contributed by atoms with Gasteiger partial charge in [0, 0.05) is 38.6 Å². The molecule has 118 valence electrons. The molecule has 2 aliphatic rings. The molecule has 0 unspecified atom stereocenters. The third-order valence-electron chi connectivity index (χ3n) is 4.93. The molecule has 2 fully saturated rings. The molecular weight excluding hydrogens is 276 g/mol. The van der Waals surface area contributed by atoms with Crippen LogP contribution in [0.15, 0.2) is 6.20 Å². The largest absolute Gasteiger partial charge is 0.355 e. The third-order valence-corrected chi connectivity index (χ3v) is 4.93. The van der Waals surface area contributed by atoms with Gasteiger partial charge in [0.25, 0.3) is 0 Å². The van der Waals surface area contributed by atoms with Gasteiger partial charge in [-0.3, -0.25) is 4.68 Å². The highest BCUT2D eigenvalue weighted by Gasteiger charge is 2.37. The van der Waals surface area contributed by atoms with Gasteiger partial charge in [0.2, 0.25) is 0 Å². The molecule has 22 heavy (non-hydrogen) atoms. The summed E-state index contributed by atoms with van der Waals surface area (Å²) in [7, 11) is 1.95. The van der Waals surface area contributed by atoms with E-state index in [2.05, 4.69) is 36.1 Å². The average molecular weight is 300 g/mol. The molecule has 0 spiro atoms. The van der Waals surface area contributed by atoms with Gasteiger partial charge >= 0.3 is 0 Å². The van der Waals surface area contributed by atoms with Crippen LogP contribution in [0.4, 0.5) is 5.82 Å². The molecule has 2 atom stereocenters. The number of nitrogens with one attached hydrogen (secondary N) is 1. The summed E-state index contributed by atoms with van der Waals surface area (Å²) >= 11 is 0. The average Bonchev–Trinajstić information content (AvgIpc) is 3.11. The van der Waals surface area contributed by atoms with Crippen LogP contribution in [0.1, 0.15) is 26.6 Å². The smallest absolute Gasteiger partial charge is 0.163 e. The molecule has 0 saturated carbocycles. The standard InChI is InChI=1S/C16H24N6/c1-16(2,3)15-19-13-12(7-18-21(13)4)14(20-15)22-8-10-5-17-6-11(10)9-22/h7,10-11,17H,5-6,8-9H2,1-4H3/t10-,11+. The van der Waals surface area contributed by atoms with Crippen molar-refractivity contribution < 1.29 is 0 Å². The Morgan fingerprint density at radius 2 is 1.82 bits per heavy atom. The lowest BCUT2D eigenvalue weighted by molar-refractivity contribution is 0.533. The van der Waals surface area contributed by atoms with Crippen LogP contribution in [-0.4, -0.2) is 45.9 Å². The second kappa shape index (κ2) is 4.65. The topological polar surface area (TPSA) is 58.9 Å². The lowest BCUT2D eigenvalue weighted by atomic mass is 9.95. The Kier molecular flexibility index (Phi) is 2.95. The number of aryl methyl sites for hydroxylation is 1. The number of hydrogen-bond acceptors (Lipinski definition) is 5. The molecule has 2 aromatic heterocycles. The highest BCUT2D eigenvalue weighted by Crippen LogP contribution is 2.34. The minimum Gasteiger partial charge on any atom is -0.355 e. The first-order valence-corrected chi connectivity index (χ1v) is 8.09. The quantitative estimate of drug-likeness (QED) is 0.860. The van der Waals surface area contributed by atoms with E-state index in [1.807, 2.05) is 17.9 Å². The Hall–Kier alpha value is -1.69. The van der Waals surface area contributed by atoms with Crippen LogP contribution >= 0.6 is 0 Å². The molecule has 6 heteroatoms. The number of rotatable bonds is 1. The number of nitrogens with zero attached hydrogens (tertiary/aromatic N) is 5. The maximum absolute atomic E-state index is 4.94. The van der Waals surface area contributed by atoms with Crippen molar-refractivity contribution in [2.45, 2.75) is 26.2 Å². The first kappa shape index (κ1) is 13.9. The van der Waals surface area contributed by atoms with Crippen LogP contribution in [-0.2, 0) is 12.5 Å². The van der Waals surface area contributed by atoms with Crippen LogP contribution in [0.3, 0.4) is 0 Å². The van der Waals surface area contributed by atoms with Crippen molar-refractivity contribution in [2.24, 2.45) is 18.9 Å². The summed E-state index contributed by atoms with van der Waals surface area (Å²) in [6.07, 6.45) is 1.91. The summed E-state index contributed by atoms with van der Waals surface area (Å²) in [4.78, 5) is 12.1. The fourth-order valence-corrected chi connectivity index (χ4v) is 3.61. The van der Waals surface area contributed by atoms with Gasteiger partial charge in [0.1, 0.15) is 11.6 Å². The lowest BCUT2D eigenvalue weighted by Crippen LogP contribution is -2.28. The number of anilines is 1. The van der Waals surface area contributed by atoms with E-state index in [1.54, 1.807) is 0 Å². The lowest BCUT2D eigenvalue weighted by Gasteiger charge is -2.23. The van der Waals surface area contributed by atoms with Crippen LogP contribution in [0.5, 0.6) is 0 Å². The van der Waals surface area contributed by atoms with E-state index in [0.717, 1.165) is 60.7 Å². The first-order valence-electron chi connectivity index (χ1n) is 8.09. The van der Waals surface area contributed by atoms with Crippen molar-refractivity contribution in [2.75, 3.05) is 31.1 Å². The fraction of sp³-hybridized carbons (Fsp3) is 0.688. The summed E-state index contributed by atoms with van der Waals surface area (Å²) in [6.45, 7) is 10.9. The summed E-state index contributed by atoms with van der Waals surface area (Å²) in [6, 6.07) is 0. The Labute approximate surface area is 130 Å². The minimum absolute atomic E-state index is 0.0651. The highest BCUT2D eigenvalue weighted by atomic mass is 15.3. The SMILES string of the molecule is Cn1ncc2c(N3C[C@H]4CNC[C@H]4C3)nc(C(C)(C)C)nc21. The maximum Gasteiger partial charge on any atom is 0.163 e. The van der Waals surface area contributed by atoms with Gasteiger partial charge in [-0.05, 0) is 11.8 Å². The molecule has 0 aromatic carbocycles. The molecule has 0 bridgehead atoms. The van der Waals surface area contributed by atoms with Crippen molar-refractivity contribution in [3.8, 4) is 0 Å². The molecule has 4 heterocycles. The van der Waals surface area contributed by atoms with Gasteiger partial charge in [-0.2, -0.15) is 5.10 Å². The molecule has 4 rings (SSSR count).